The number of hydrogen-bond donors (Lipinski definition) is 0. The predicted octanol–water partition coefficient (Wildman–Crippen LogP) is 5.65. The predicted molar refractivity (Wildman–Crippen MR) is 143 cm³/mol. The SMILES string of the molecule is COc1ccc([C@H]2c3c(C)nn(-c4ccccc4)c3Oc3ncn4nc(-c5cccs5)nc4c32)cc1OC. The Hall–Kier alpha value is -4.70. The third kappa shape index (κ3) is 3.37. The molecule has 1 aliphatic heterocycles. The highest BCUT2D eigenvalue weighted by molar-refractivity contribution is 7.13. The molecule has 1 atom stereocenters. The summed E-state index contributed by atoms with van der Waals surface area (Å²) < 4.78 is 21.2. The number of ether oxygens (including phenoxy) is 3. The zero-order valence-corrected chi connectivity index (χ0v) is 21.6. The van der Waals surface area contributed by atoms with E-state index in [0.717, 1.165) is 32.9 Å². The molecular weight excluding hydrogens is 500 g/mol. The topological polar surface area (TPSA) is 88.6 Å². The van der Waals surface area contributed by atoms with Gasteiger partial charge in [-0.25, -0.2) is 19.2 Å². The van der Waals surface area contributed by atoms with Gasteiger partial charge in [0.2, 0.25) is 11.8 Å². The lowest BCUT2D eigenvalue weighted by Gasteiger charge is -2.26. The van der Waals surface area contributed by atoms with Gasteiger partial charge in [-0.05, 0) is 48.2 Å². The lowest BCUT2D eigenvalue weighted by atomic mass is 9.84. The molecular formula is C28H22N6O3S. The van der Waals surface area contributed by atoms with Gasteiger partial charge in [-0.2, -0.15) is 5.10 Å². The average Bonchev–Trinajstić information content (AvgIpc) is 3.71. The van der Waals surface area contributed by atoms with Crippen LogP contribution in [0.4, 0.5) is 0 Å². The van der Waals surface area contributed by atoms with E-state index in [1.54, 1.807) is 36.4 Å². The van der Waals surface area contributed by atoms with E-state index >= 15 is 0 Å². The Kier molecular flexibility index (Phi) is 5.15. The van der Waals surface area contributed by atoms with E-state index in [-0.39, 0.29) is 5.92 Å². The standard InChI is InChI=1S/C28H22N6O3S/c1-16-22-23(17-11-12-19(35-2)20(14-17)36-3)24-26-30-25(21-10-7-13-38-21)32-33(26)15-29-27(24)37-28(22)34(31-16)18-8-5-4-6-9-18/h4-15,23H,1-3H3/t23-/m0/s1. The molecule has 6 aromatic rings. The van der Waals surface area contributed by atoms with E-state index in [0.29, 0.717) is 34.7 Å². The van der Waals surface area contributed by atoms with E-state index in [1.165, 1.54) is 0 Å². The highest BCUT2D eigenvalue weighted by atomic mass is 32.1. The van der Waals surface area contributed by atoms with E-state index in [4.69, 9.17) is 29.4 Å². The molecule has 0 radical (unpaired) electrons. The Morgan fingerprint density at radius 1 is 0.921 bits per heavy atom. The molecule has 0 spiro atoms. The fraction of sp³-hybridized carbons (Fsp3) is 0.143. The van der Waals surface area contributed by atoms with E-state index in [1.807, 2.05) is 77.6 Å². The number of aryl methyl sites for hydroxylation is 1. The molecule has 0 fully saturated rings. The van der Waals surface area contributed by atoms with Gasteiger partial charge in [-0.1, -0.05) is 30.3 Å². The Morgan fingerprint density at radius 3 is 2.53 bits per heavy atom. The molecule has 0 unspecified atom stereocenters. The maximum Gasteiger partial charge on any atom is 0.230 e. The summed E-state index contributed by atoms with van der Waals surface area (Å²) in [7, 11) is 3.26. The summed E-state index contributed by atoms with van der Waals surface area (Å²) in [4.78, 5) is 10.6. The number of methoxy groups -OCH3 is 2. The second-order valence-corrected chi connectivity index (χ2v) is 9.79. The largest absolute Gasteiger partial charge is 0.493 e. The van der Waals surface area contributed by atoms with Gasteiger partial charge >= 0.3 is 0 Å². The van der Waals surface area contributed by atoms with E-state index < -0.39 is 0 Å². The lowest BCUT2D eigenvalue weighted by Crippen LogP contribution is -2.16. The maximum atomic E-state index is 6.50. The summed E-state index contributed by atoms with van der Waals surface area (Å²) in [6.07, 6.45) is 1.64. The van der Waals surface area contributed by atoms with E-state index in [2.05, 4.69) is 4.98 Å². The minimum atomic E-state index is -0.289. The summed E-state index contributed by atoms with van der Waals surface area (Å²) in [5.74, 6) is 2.72. The molecule has 38 heavy (non-hydrogen) atoms. The fourth-order valence-electron chi connectivity index (χ4n) is 5.00. The van der Waals surface area contributed by atoms with Crippen molar-refractivity contribution < 1.29 is 14.2 Å². The van der Waals surface area contributed by atoms with Crippen molar-refractivity contribution in [3.05, 3.63) is 94.8 Å². The van der Waals surface area contributed by atoms with Gasteiger partial charge in [-0.3, -0.25) is 0 Å². The van der Waals surface area contributed by atoms with Gasteiger partial charge in [0.05, 0.1) is 47.5 Å². The van der Waals surface area contributed by atoms with Crippen molar-refractivity contribution in [2.45, 2.75) is 12.8 Å². The summed E-state index contributed by atoms with van der Waals surface area (Å²) in [5.41, 5.74) is 5.14. The molecule has 188 valence electrons. The number of aromatic nitrogens is 6. The normalized spacial score (nSPS) is 14.1. The summed E-state index contributed by atoms with van der Waals surface area (Å²) in [5, 5.41) is 11.6. The molecule has 4 aromatic heterocycles. The van der Waals surface area contributed by atoms with Crippen molar-refractivity contribution in [2.24, 2.45) is 0 Å². The van der Waals surface area contributed by atoms with E-state index in [9.17, 15) is 0 Å². The molecule has 2 aromatic carbocycles. The number of fused-ring (bicyclic) bond motifs is 4. The van der Waals surface area contributed by atoms with Gasteiger partial charge in [0.1, 0.15) is 6.33 Å². The molecule has 0 aliphatic carbocycles. The van der Waals surface area contributed by atoms with Crippen LogP contribution in [0.5, 0.6) is 23.3 Å². The molecule has 0 amide bonds. The molecule has 5 heterocycles. The van der Waals surface area contributed by atoms with Gasteiger partial charge in [-0.15, -0.1) is 16.4 Å². The van der Waals surface area contributed by atoms with Crippen LogP contribution in [0.3, 0.4) is 0 Å². The first-order valence-corrected chi connectivity index (χ1v) is 12.9. The monoisotopic (exact) mass is 522 g/mol. The minimum Gasteiger partial charge on any atom is -0.493 e. The third-order valence-corrected chi connectivity index (χ3v) is 7.57. The molecule has 0 saturated carbocycles. The van der Waals surface area contributed by atoms with Crippen molar-refractivity contribution in [1.29, 1.82) is 0 Å². The molecule has 1 aliphatic rings. The smallest absolute Gasteiger partial charge is 0.230 e. The second kappa shape index (κ2) is 8.70. The van der Waals surface area contributed by atoms with Crippen LogP contribution in [-0.2, 0) is 0 Å². The first kappa shape index (κ1) is 22.5. The highest BCUT2D eigenvalue weighted by Crippen LogP contribution is 2.50. The summed E-state index contributed by atoms with van der Waals surface area (Å²) >= 11 is 1.59. The molecule has 0 bridgehead atoms. The van der Waals surface area contributed by atoms with Crippen LogP contribution < -0.4 is 14.2 Å². The summed E-state index contributed by atoms with van der Waals surface area (Å²) in [6, 6.07) is 19.9. The van der Waals surface area contributed by atoms with Crippen LogP contribution in [0.2, 0.25) is 0 Å². The number of thiophene rings is 1. The quantitative estimate of drug-likeness (QED) is 0.289. The van der Waals surface area contributed by atoms with Crippen LogP contribution in [0.1, 0.15) is 28.3 Å². The molecule has 9 nitrogen and oxygen atoms in total. The Bertz CT molecular complexity index is 1790. The Balaban J connectivity index is 1.51. The molecule has 0 N–H and O–H groups in total. The van der Waals surface area contributed by atoms with Crippen molar-refractivity contribution in [2.75, 3.05) is 14.2 Å². The number of para-hydroxylation sites is 1. The van der Waals surface area contributed by atoms with Crippen molar-refractivity contribution >= 4 is 17.0 Å². The zero-order valence-electron chi connectivity index (χ0n) is 20.8. The van der Waals surface area contributed by atoms with Crippen molar-refractivity contribution in [3.63, 3.8) is 0 Å². The minimum absolute atomic E-state index is 0.289. The van der Waals surface area contributed by atoms with Crippen LogP contribution in [-0.4, -0.2) is 43.6 Å². The highest BCUT2D eigenvalue weighted by Gasteiger charge is 2.38. The van der Waals surface area contributed by atoms with Crippen molar-refractivity contribution in [1.82, 2.24) is 29.4 Å². The van der Waals surface area contributed by atoms with Crippen LogP contribution in [0.15, 0.2) is 72.4 Å². The Morgan fingerprint density at radius 2 is 1.76 bits per heavy atom. The Labute approximate surface area is 221 Å². The molecule has 7 rings (SSSR count). The number of hydrogen-bond acceptors (Lipinski definition) is 8. The number of benzene rings is 2. The number of nitrogens with zero attached hydrogens (tertiary/aromatic N) is 6. The molecule has 0 saturated heterocycles. The number of rotatable bonds is 5. The van der Waals surface area contributed by atoms with Gasteiger partial charge in [0.25, 0.3) is 0 Å². The fourth-order valence-corrected chi connectivity index (χ4v) is 5.65. The summed E-state index contributed by atoms with van der Waals surface area (Å²) in [6.45, 7) is 1.99. The van der Waals surface area contributed by atoms with Crippen LogP contribution in [0, 0.1) is 6.92 Å². The van der Waals surface area contributed by atoms with Gasteiger partial charge in [0.15, 0.2) is 23.0 Å². The van der Waals surface area contributed by atoms with Gasteiger partial charge in [0, 0.05) is 0 Å². The van der Waals surface area contributed by atoms with Gasteiger partial charge < -0.3 is 14.2 Å². The first-order valence-electron chi connectivity index (χ1n) is 12.0. The first-order chi connectivity index (χ1) is 18.7. The van der Waals surface area contributed by atoms with Crippen LogP contribution >= 0.6 is 11.3 Å². The maximum absolute atomic E-state index is 6.50. The molecule has 10 heteroatoms. The van der Waals surface area contributed by atoms with Crippen LogP contribution in [0.25, 0.3) is 22.0 Å². The van der Waals surface area contributed by atoms with Crippen molar-refractivity contribution in [3.8, 4) is 39.6 Å². The average molecular weight is 523 g/mol. The third-order valence-electron chi connectivity index (χ3n) is 6.70. The lowest BCUT2D eigenvalue weighted by molar-refractivity contribution is 0.354. The zero-order chi connectivity index (χ0) is 25.8. The second-order valence-electron chi connectivity index (χ2n) is 8.85.